The lowest BCUT2D eigenvalue weighted by Crippen LogP contribution is -2.28. The average Bonchev–Trinajstić information content (AvgIpc) is 3.19. The molecule has 0 radical (unpaired) electrons. The Labute approximate surface area is 149 Å². The van der Waals surface area contributed by atoms with E-state index in [2.05, 4.69) is 13.0 Å². The van der Waals surface area contributed by atoms with E-state index >= 15 is 0 Å². The molecule has 3 rings (SSSR count). The normalized spacial score (nSPS) is 22.2. The summed E-state index contributed by atoms with van der Waals surface area (Å²) in [6.45, 7) is 2.20. The predicted octanol–water partition coefficient (Wildman–Crippen LogP) is 4.57. The molecule has 0 amide bonds. The van der Waals surface area contributed by atoms with Gasteiger partial charge in [-0.2, -0.15) is 0 Å². The van der Waals surface area contributed by atoms with Crippen LogP contribution in [0, 0.1) is 5.92 Å². The first kappa shape index (κ1) is 18.0. The topological polar surface area (TPSA) is 63.6 Å². The number of aryl methyl sites for hydroxylation is 2. The number of carbonyl (C=O) groups excluding carboxylic acids is 1. The van der Waals surface area contributed by atoms with Crippen molar-refractivity contribution in [1.29, 1.82) is 0 Å². The van der Waals surface area contributed by atoms with E-state index in [9.17, 15) is 14.7 Å². The first-order valence-electron chi connectivity index (χ1n) is 9.68. The molecule has 2 aliphatic rings. The number of ketones is 1. The second-order valence-electron chi connectivity index (χ2n) is 7.38. The third-order valence-corrected chi connectivity index (χ3v) is 5.56. The largest absolute Gasteiger partial charge is 0.489 e. The minimum Gasteiger partial charge on any atom is -0.489 e. The molecule has 0 spiro atoms. The van der Waals surface area contributed by atoms with Crippen LogP contribution in [0.4, 0.5) is 0 Å². The number of hydrogen-bond acceptors (Lipinski definition) is 3. The molecule has 0 aliphatic heterocycles. The molecular formula is C21H28O4. The molecule has 2 aliphatic carbocycles. The van der Waals surface area contributed by atoms with Crippen LogP contribution in [0.1, 0.15) is 79.8 Å². The number of ether oxygens (including phenoxy) is 1. The quantitative estimate of drug-likeness (QED) is 0.702. The van der Waals surface area contributed by atoms with Crippen LogP contribution in [-0.2, 0) is 17.6 Å². The van der Waals surface area contributed by atoms with Crippen molar-refractivity contribution < 1.29 is 19.4 Å². The van der Waals surface area contributed by atoms with Gasteiger partial charge in [0.2, 0.25) is 0 Å². The van der Waals surface area contributed by atoms with Crippen LogP contribution in [-0.4, -0.2) is 23.0 Å². The zero-order chi connectivity index (χ0) is 17.8. The van der Waals surface area contributed by atoms with E-state index in [0.29, 0.717) is 12.8 Å². The summed E-state index contributed by atoms with van der Waals surface area (Å²) in [4.78, 5) is 23.5. The lowest BCUT2D eigenvalue weighted by Gasteiger charge is -2.21. The van der Waals surface area contributed by atoms with Crippen LogP contribution < -0.4 is 4.74 Å². The van der Waals surface area contributed by atoms with Gasteiger partial charge in [0.1, 0.15) is 11.9 Å². The Kier molecular flexibility index (Phi) is 5.77. The highest BCUT2D eigenvalue weighted by Gasteiger charge is 2.35. The second-order valence-corrected chi connectivity index (χ2v) is 7.38. The third-order valence-electron chi connectivity index (χ3n) is 5.56. The molecule has 1 aromatic carbocycles. The van der Waals surface area contributed by atoms with Gasteiger partial charge >= 0.3 is 5.97 Å². The first-order chi connectivity index (χ1) is 12.1. The van der Waals surface area contributed by atoms with Gasteiger partial charge in [0, 0.05) is 12.0 Å². The molecule has 2 unspecified atom stereocenters. The molecule has 0 aromatic heterocycles. The molecule has 1 N–H and O–H groups in total. The van der Waals surface area contributed by atoms with Crippen LogP contribution in [0.3, 0.4) is 0 Å². The lowest BCUT2D eigenvalue weighted by atomic mass is 9.99. The summed E-state index contributed by atoms with van der Waals surface area (Å²) in [5.41, 5.74) is 3.04. The van der Waals surface area contributed by atoms with Crippen molar-refractivity contribution in [2.75, 3.05) is 0 Å². The summed E-state index contributed by atoms with van der Waals surface area (Å²) in [6, 6.07) is 4.02. The highest BCUT2D eigenvalue weighted by Crippen LogP contribution is 2.35. The Morgan fingerprint density at radius 3 is 2.80 bits per heavy atom. The van der Waals surface area contributed by atoms with Crippen LogP contribution in [0.15, 0.2) is 12.1 Å². The van der Waals surface area contributed by atoms with Gasteiger partial charge in [-0.1, -0.05) is 32.3 Å². The van der Waals surface area contributed by atoms with E-state index in [-0.39, 0.29) is 11.9 Å². The first-order valence-corrected chi connectivity index (χ1v) is 9.68. The summed E-state index contributed by atoms with van der Waals surface area (Å²) < 4.78 is 6.18. The zero-order valence-corrected chi connectivity index (χ0v) is 15.1. The van der Waals surface area contributed by atoms with Crippen molar-refractivity contribution in [3.63, 3.8) is 0 Å². The molecule has 25 heavy (non-hydrogen) atoms. The number of rotatable bonds is 8. The van der Waals surface area contributed by atoms with E-state index in [0.717, 1.165) is 54.5 Å². The number of aliphatic carboxylic acids is 1. The van der Waals surface area contributed by atoms with Crippen molar-refractivity contribution in [1.82, 2.24) is 0 Å². The number of fused-ring (bicyclic) bond motifs is 1. The molecule has 4 nitrogen and oxygen atoms in total. The number of Topliss-reactive ketones (excluding diaryl/α,β-unsaturated/α-hetero) is 1. The van der Waals surface area contributed by atoms with Crippen molar-refractivity contribution >= 4 is 11.8 Å². The van der Waals surface area contributed by atoms with E-state index < -0.39 is 11.9 Å². The Morgan fingerprint density at radius 2 is 2.04 bits per heavy atom. The fourth-order valence-corrected chi connectivity index (χ4v) is 4.08. The highest BCUT2D eigenvalue weighted by molar-refractivity contribution is 6.00. The van der Waals surface area contributed by atoms with Crippen LogP contribution in [0.25, 0.3) is 0 Å². The number of carbonyl (C=O) groups is 2. The number of carboxylic acid groups (broad SMARTS) is 1. The minimum absolute atomic E-state index is 0.179. The smallest absolute Gasteiger partial charge is 0.310 e. The molecule has 2 atom stereocenters. The zero-order valence-electron chi connectivity index (χ0n) is 15.1. The Bertz CT molecular complexity index is 650. The van der Waals surface area contributed by atoms with Gasteiger partial charge in [0.05, 0.1) is 5.92 Å². The van der Waals surface area contributed by atoms with Gasteiger partial charge in [-0.25, -0.2) is 0 Å². The maximum absolute atomic E-state index is 12.1. The Hall–Kier alpha value is -1.84. The lowest BCUT2D eigenvalue weighted by molar-refractivity contribution is -0.144. The average molecular weight is 344 g/mol. The van der Waals surface area contributed by atoms with Gasteiger partial charge in [0.25, 0.3) is 0 Å². The SMILES string of the molecule is CCCCCCc1cc2c(cc1OC1CCCC1C(=O)O)C(=O)CC2. The molecule has 0 saturated heterocycles. The highest BCUT2D eigenvalue weighted by atomic mass is 16.5. The molecular weight excluding hydrogens is 316 g/mol. The molecule has 1 fully saturated rings. The van der Waals surface area contributed by atoms with E-state index in [4.69, 9.17) is 4.74 Å². The molecule has 1 aromatic rings. The fraction of sp³-hybridized carbons (Fsp3) is 0.619. The van der Waals surface area contributed by atoms with Crippen molar-refractivity contribution in [3.8, 4) is 5.75 Å². The molecule has 1 saturated carbocycles. The minimum atomic E-state index is -0.774. The van der Waals surface area contributed by atoms with E-state index in [1.165, 1.54) is 19.3 Å². The summed E-state index contributed by atoms with van der Waals surface area (Å²) >= 11 is 0. The molecule has 136 valence electrons. The fourth-order valence-electron chi connectivity index (χ4n) is 4.08. The number of benzene rings is 1. The van der Waals surface area contributed by atoms with Gasteiger partial charge in [0.15, 0.2) is 5.78 Å². The Morgan fingerprint density at radius 1 is 1.20 bits per heavy atom. The van der Waals surface area contributed by atoms with E-state index in [1.54, 1.807) is 0 Å². The standard InChI is InChI=1S/C21H28O4/c1-2-3-4-5-7-15-12-14-10-11-18(22)17(14)13-20(15)25-19-9-6-8-16(19)21(23)24/h12-13,16,19H,2-11H2,1H3,(H,23,24). The monoisotopic (exact) mass is 344 g/mol. The number of unbranched alkanes of at least 4 members (excludes halogenated alkanes) is 3. The van der Waals surface area contributed by atoms with E-state index in [1.807, 2.05) is 6.07 Å². The van der Waals surface area contributed by atoms with Crippen molar-refractivity contribution in [2.24, 2.45) is 5.92 Å². The number of hydrogen-bond donors (Lipinski definition) is 1. The van der Waals surface area contributed by atoms with Gasteiger partial charge in [-0.3, -0.25) is 9.59 Å². The molecule has 0 bridgehead atoms. The van der Waals surface area contributed by atoms with Crippen LogP contribution in [0.2, 0.25) is 0 Å². The van der Waals surface area contributed by atoms with Gasteiger partial charge < -0.3 is 9.84 Å². The van der Waals surface area contributed by atoms with Crippen LogP contribution >= 0.6 is 0 Å². The third kappa shape index (κ3) is 4.05. The van der Waals surface area contributed by atoms with Gasteiger partial charge in [-0.05, 0) is 55.7 Å². The summed E-state index contributed by atoms with van der Waals surface area (Å²) in [7, 11) is 0. The van der Waals surface area contributed by atoms with Crippen molar-refractivity contribution in [3.05, 3.63) is 28.8 Å². The molecule has 0 heterocycles. The predicted molar refractivity (Wildman–Crippen MR) is 96.3 cm³/mol. The van der Waals surface area contributed by atoms with Gasteiger partial charge in [-0.15, -0.1) is 0 Å². The van der Waals surface area contributed by atoms with Crippen molar-refractivity contribution in [2.45, 2.75) is 77.2 Å². The second kappa shape index (κ2) is 8.03. The van der Waals surface area contributed by atoms with Crippen LogP contribution in [0.5, 0.6) is 5.75 Å². The Balaban J connectivity index is 1.81. The molecule has 4 heteroatoms. The summed E-state index contributed by atoms with van der Waals surface area (Å²) in [5.74, 6) is -0.289. The maximum atomic E-state index is 12.1. The summed E-state index contributed by atoms with van der Waals surface area (Å²) in [6.07, 6.45) is 9.10. The maximum Gasteiger partial charge on any atom is 0.310 e. The summed E-state index contributed by atoms with van der Waals surface area (Å²) in [5, 5.41) is 9.39. The number of carboxylic acids is 1.